The van der Waals surface area contributed by atoms with E-state index in [1.807, 2.05) is 0 Å². The molecule has 1 N–H and O–H groups in total. The number of hydrogen-bond acceptors (Lipinski definition) is 2. The minimum absolute atomic E-state index is 0.616. The van der Waals surface area contributed by atoms with Gasteiger partial charge in [0.15, 0.2) is 6.73 Å². The SMILES string of the molecule is CCCc1ccc2c(c1)OCN2. The van der Waals surface area contributed by atoms with Crippen molar-refractivity contribution in [1.82, 2.24) is 0 Å². The lowest BCUT2D eigenvalue weighted by molar-refractivity contribution is 0.372. The van der Waals surface area contributed by atoms with Gasteiger partial charge in [0.2, 0.25) is 0 Å². The Hall–Kier alpha value is -1.18. The fourth-order valence-electron chi connectivity index (χ4n) is 1.47. The zero-order valence-corrected chi connectivity index (χ0v) is 7.26. The quantitative estimate of drug-likeness (QED) is 0.722. The molecular formula is C10H13NO. The van der Waals surface area contributed by atoms with Gasteiger partial charge in [-0.1, -0.05) is 19.4 Å². The summed E-state index contributed by atoms with van der Waals surface area (Å²) in [6, 6.07) is 6.37. The monoisotopic (exact) mass is 163 g/mol. The average molecular weight is 163 g/mol. The lowest BCUT2D eigenvalue weighted by Gasteiger charge is -2.01. The molecule has 0 spiro atoms. The molecule has 12 heavy (non-hydrogen) atoms. The number of ether oxygens (including phenoxy) is 1. The van der Waals surface area contributed by atoms with Gasteiger partial charge < -0.3 is 10.1 Å². The van der Waals surface area contributed by atoms with Crippen molar-refractivity contribution in [1.29, 1.82) is 0 Å². The van der Waals surface area contributed by atoms with E-state index in [-0.39, 0.29) is 0 Å². The van der Waals surface area contributed by atoms with Crippen LogP contribution in [0.1, 0.15) is 18.9 Å². The van der Waals surface area contributed by atoms with E-state index in [1.165, 1.54) is 12.0 Å². The molecule has 1 aliphatic rings. The van der Waals surface area contributed by atoms with E-state index in [9.17, 15) is 0 Å². The first-order valence-electron chi connectivity index (χ1n) is 4.40. The maximum Gasteiger partial charge on any atom is 0.159 e. The lowest BCUT2D eigenvalue weighted by Crippen LogP contribution is -1.96. The van der Waals surface area contributed by atoms with Crippen molar-refractivity contribution < 1.29 is 4.74 Å². The van der Waals surface area contributed by atoms with Crippen LogP contribution in [0.5, 0.6) is 5.75 Å². The zero-order chi connectivity index (χ0) is 8.39. The van der Waals surface area contributed by atoms with Gasteiger partial charge in [-0.3, -0.25) is 0 Å². The van der Waals surface area contributed by atoms with Crippen molar-refractivity contribution in [3.63, 3.8) is 0 Å². The second kappa shape index (κ2) is 3.05. The summed E-state index contributed by atoms with van der Waals surface area (Å²) >= 11 is 0. The number of hydrogen-bond donors (Lipinski definition) is 1. The third kappa shape index (κ3) is 1.24. The van der Waals surface area contributed by atoms with Crippen LogP contribution >= 0.6 is 0 Å². The Kier molecular flexibility index (Phi) is 1.90. The van der Waals surface area contributed by atoms with Crippen molar-refractivity contribution in [2.75, 3.05) is 12.0 Å². The molecule has 0 saturated heterocycles. The first kappa shape index (κ1) is 7.47. The molecule has 0 fully saturated rings. The van der Waals surface area contributed by atoms with Gasteiger partial charge in [0, 0.05) is 0 Å². The molecule has 1 aliphatic heterocycles. The average Bonchev–Trinajstić information content (AvgIpc) is 2.51. The van der Waals surface area contributed by atoms with Gasteiger partial charge in [0.05, 0.1) is 5.69 Å². The number of fused-ring (bicyclic) bond motifs is 1. The lowest BCUT2D eigenvalue weighted by atomic mass is 10.1. The van der Waals surface area contributed by atoms with E-state index in [0.717, 1.165) is 17.9 Å². The fourth-order valence-corrected chi connectivity index (χ4v) is 1.47. The highest BCUT2D eigenvalue weighted by molar-refractivity contribution is 5.60. The predicted octanol–water partition coefficient (Wildman–Crippen LogP) is 2.40. The van der Waals surface area contributed by atoms with Crippen molar-refractivity contribution in [3.8, 4) is 5.75 Å². The molecule has 0 aliphatic carbocycles. The molecule has 0 bridgehead atoms. The summed E-state index contributed by atoms with van der Waals surface area (Å²) in [6.45, 7) is 2.80. The first-order chi connectivity index (χ1) is 5.90. The van der Waals surface area contributed by atoms with Gasteiger partial charge in [0.1, 0.15) is 5.75 Å². The molecule has 0 aromatic heterocycles. The van der Waals surface area contributed by atoms with E-state index < -0.39 is 0 Å². The summed E-state index contributed by atoms with van der Waals surface area (Å²) in [5.74, 6) is 1.00. The molecule has 0 radical (unpaired) electrons. The van der Waals surface area contributed by atoms with Crippen molar-refractivity contribution in [2.24, 2.45) is 0 Å². The van der Waals surface area contributed by atoms with Crippen molar-refractivity contribution >= 4 is 5.69 Å². The van der Waals surface area contributed by atoms with Crippen molar-refractivity contribution in [3.05, 3.63) is 23.8 Å². The smallest absolute Gasteiger partial charge is 0.159 e. The molecule has 2 heteroatoms. The maximum absolute atomic E-state index is 5.37. The van der Waals surface area contributed by atoms with Crippen LogP contribution in [-0.2, 0) is 6.42 Å². The van der Waals surface area contributed by atoms with Gasteiger partial charge in [-0.15, -0.1) is 0 Å². The Balaban J connectivity index is 2.26. The van der Waals surface area contributed by atoms with E-state index in [0.29, 0.717) is 6.73 Å². The number of aryl methyl sites for hydroxylation is 1. The van der Waals surface area contributed by atoms with Gasteiger partial charge in [-0.05, 0) is 24.1 Å². The summed E-state index contributed by atoms with van der Waals surface area (Å²) in [4.78, 5) is 0. The number of anilines is 1. The minimum Gasteiger partial charge on any atom is -0.471 e. The Morgan fingerprint density at radius 2 is 2.42 bits per heavy atom. The molecule has 0 amide bonds. The normalized spacial score (nSPS) is 13.4. The zero-order valence-electron chi connectivity index (χ0n) is 7.26. The summed E-state index contributed by atoms with van der Waals surface area (Å²) in [6.07, 6.45) is 2.32. The third-order valence-electron chi connectivity index (χ3n) is 2.07. The van der Waals surface area contributed by atoms with E-state index in [1.54, 1.807) is 0 Å². The van der Waals surface area contributed by atoms with E-state index in [4.69, 9.17) is 4.74 Å². The Bertz CT molecular complexity index is 283. The molecule has 64 valence electrons. The Morgan fingerprint density at radius 1 is 1.50 bits per heavy atom. The largest absolute Gasteiger partial charge is 0.471 e. The van der Waals surface area contributed by atoms with Crippen LogP contribution in [0.25, 0.3) is 0 Å². The minimum atomic E-state index is 0.616. The first-order valence-corrected chi connectivity index (χ1v) is 4.40. The van der Waals surface area contributed by atoms with Crippen LogP contribution in [0.4, 0.5) is 5.69 Å². The standard InChI is InChI=1S/C10H13NO/c1-2-3-8-4-5-9-10(6-8)12-7-11-9/h4-6,11H,2-3,7H2,1H3. The number of nitrogens with one attached hydrogen (secondary N) is 1. The van der Waals surface area contributed by atoms with E-state index in [2.05, 4.69) is 30.4 Å². The second-order valence-electron chi connectivity index (χ2n) is 3.05. The van der Waals surface area contributed by atoms with Crippen LogP contribution in [0.2, 0.25) is 0 Å². The van der Waals surface area contributed by atoms with Gasteiger partial charge in [0.25, 0.3) is 0 Å². The topological polar surface area (TPSA) is 21.3 Å². The van der Waals surface area contributed by atoms with Gasteiger partial charge in [-0.25, -0.2) is 0 Å². The number of rotatable bonds is 2. The van der Waals surface area contributed by atoms with Crippen LogP contribution in [0.15, 0.2) is 18.2 Å². The highest BCUT2D eigenvalue weighted by atomic mass is 16.5. The summed E-state index contributed by atoms with van der Waals surface area (Å²) in [5.41, 5.74) is 2.48. The molecule has 2 rings (SSSR count). The Morgan fingerprint density at radius 3 is 3.25 bits per heavy atom. The van der Waals surface area contributed by atoms with Gasteiger partial charge in [-0.2, -0.15) is 0 Å². The molecule has 0 saturated carbocycles. The number of benzene rings is 1. The molecule has 0 unspecified atom stereocenters. The van der Waals surface area contributed by atoms with Crippen molar-refractivity contribution in [2.45, 2.75) is 19.8 Å². The van der Waals surface area contributed by atoms with Crippen LogP contribution in [0, 0.1) is 0 Å². The fraction of sp³-hybridized carbons (Fsp3) is 0.400. The molecule has 1 heterocycles. The molecule has 2 nitrogen and oxygen atoms in total. The van der Waals surface area contributed by atoms with Crippen LogP contribution < -0.4 is 10.1 Å². The third-order valence-corrected chi connectivity index (χ3v) is 2.07. The molecular weight excluding hydrogens is 150 g/mol. The van der Waals surface area contributed by atoms with E-state index >= 15 is 0 Å². The van der Waals surface area contributed by atoms with Crippen LogP contribution in [-0.4, -0.2) is 6.73 Å². The summed E-state index contributed by atoms with van der Waals surface area (Å²) in [5, 5.41) is 3.15. The summed E-state index contributed by atoms with van der Waals surface area (Å²) in [7, 11) is 0. The summed E-state index contributed by atoms with van der Waals surface area (Å²) < 4.78 is 5.37. The molecule has 1 aromatic rings. The van der Waals surface area contributed by atoms with Gasteiger partial charge >= 0.3 is 0 Å². The molecule has 0 atom stereocenters. The highest BCUT2D eigenvalue weighted by Gasteiger charge is 2.09. The van der Waals surface area contributed by atoms with Crippen LogP contribution in [0.3, 0.4) is 0 Å². The second-order valence-corrected chi connectivity index (χ2v) is 3.05. The highest BCUT2D eigenvalue weighted by Crippen LogP contribution is 2.29. The maximum atomic E-state index is 5.37. The predicted molar refractivity (Wildman–Crippen MR) is 49.6 cm³/mol. The Labute approximate surface area is 72.5 Å². The molecule has 1 aromatic carbocycles.